The van der Waals surface area contributed by atoms with Crippen LogP contribution < -0.4 is 15.9 Å². The van der Waals surface area contributed by atoms with E-state index in [-0.39, 0.29) is 17.6 Å². The predicted octanol–water partition coefficient (Wildman–Crippen LogP) is 3.24. The summed E-state index contributed by atoms with van der Waals surface area (Å²) in [5.74, 6) is 1.41. The molecule has 9 heteroatoms. The van der Waals surface area contributed by atoms with Gasteiger partial charge in [0, 0.05) is 37.9 Å². The Bertz CT molecular complexity index is 1300. The smallest absolute Gasteiger partial charge is 0.327 e. The lowest BCUT2D eigenvalue weighted by molar-refractivity contribution is 0.0938. The number of amides is 1. The molecule has 2 atom stereocenters. The predicted molar refractivity (Wildman–Crippen MR) is 135 cm³/mol. The Kier molecular flexibility index (Phi) is 6.74. The lowest BCUT2D eigenvalue weighted by Gasteiger charge is -2.33. The molecule has 1 amide bonds. The molecule has 182 valence electrons. The normalized spacial score (nSPS) is 19.2. The van der Waals surface area contributed by atoms with Crippen LogP contribution in [0.1, 0.15) is 49.1 Å². The van der Waals surface area contributed by atoms with E-state index in [1.165, 1.54) is 6.33 Å². The van der Waals surface area contributed by atoms with Crippen LogP contribution in [0.2, 0.25) is 0 Å². The highest BCUT2D eigenvalue weighted by Gasteiger charge is 2.25. The van der Waals surface area contributed by atoms with Gasteiger partial charge >= 0.3 is 5.69 Å². The lowest BCUT2D eigenvalue weighted by atomic mass is 9.85. The van der Waals surface area contributed by atoms with Crippen molar-refractivity contribution in [3.8, 4) is 0 Å². The van der Waals surface area contributed by atoms with Gasteiger partial charge in [0.15, 0.2) is 5.65 Å². The highest BCUT2D eigenvalue weighted by atomic mass is 16.2. The molecule has 1 aliphatic carbocycles. The van der Waals surface area contributed by atoms with Crippen molar-refractivity contribution in [2.75, 3.05) is 24.5 Å². The highest BCUT2D eigenvalue weighted by Crippen LogP contribution is 2.27. The van der Waals surface area contributed by atoms with E-state index in [1.807, 2.05) is 16.7 Å². The summed E-state index contributed by atoms with van der Waals surface area (Å²) in [7, 11) is 0. The second kappa shape index (κ2) is 10.2. The minimum atomic E-state index is -0.171. The molecule has 1 aliphatic heterocycles. The standard InChI is InChI=1S/C26H31N7O2/c1-2-18(19-7-4-3-5-8-19)16-28-25(34)21-15-23(30-17-29-21)32-13-10-20(11-14-32)33-22-9-6-12-27-24(22)31-26(33)35/h3-7,9,12,15,17-20H,2,8,10-11,13-14,16H2,1H3,(H,28,34)(H,27,31,35). The molecule has 9 nitrogen and oxygen atoms in total. The van der Waals surface area contributed by atoms with Gasteiger partial charge in [-0.1, -0.05) is 37.6 Å². The highest BCUT2D eigenvalue weighted by molar-refractivity contribution is 5.92. The number of hydrogen-bond donors (Lipinski definition) is 2. The van der Waals surface area contributed by atoms with Gasteiger partial charge in [0.25, 0.3) is 5.91 Å². The zero-order valence-electron chi connectivity index (χ0n) is 19.9. The van der Waals surface area contributed by atoms with Crippen LogP contribution in [0, 0.1) is 11.8 Å². The molecule has 0 radical (unpaired) electrons. The molecule has 0 saturated carbocycles. The number of carbonyl (C=O) groups excluding carboxylic acids is 1. The molecule has 1 fully saturated rings. The van der Waals surface area contributed by atoms with Crippen LogP contribution in [0.5, 0.6) is 0 Å². The number of allylic oxidation sites excluding steroid dienone is 4. The van der Waals surface area contributed by atoms with Gasteiger partial charge in [-0.3, -0.25) is 14.3 Å². The number of nitrogens with zero attached hydrogens (tertiary/aromatic N) is 5. The molecule has 0 aromatic carbocycles. The molecule has 4 heterocycles. The van der Waals surface area contributed by atoms with Gasteiger partial charge < -0.3 is 10.2 Å². The molecule has 3 aromatic rings. The number of anilines is 1. The molecule has 3 aromatic heterocycles. The third-order valence-electron chi connectivity index (χ3n) is 7.20. The SMILES string of the molecule is CCC(CNC(=O)c1cc(N2CCC(n3c(=O)[nH]c4ncccc43)CC2)ncn1)C1C=CC=CC1. The van der Waals surface area contributed by atoms with E-state index in [0.717, 1.165) is 50.1 Å². The van der Waals surface area contributed by atoms with Crippen molar-refractivity contribution in [3.63, 3.8) is 0 Å². The summed E-state index contributed by atoms with van der Waals surface area (Å²) >= 11 is 0. The second-order valence-electron chi connectivity index (χ2n) is 9.24. The Morgan fingerprint density at radius 1 is 1.23 bits per heavy atom. The maximum atomic E-state index is 12.9. The first-order valence-electron chi connectivity index (χ1n) is 12.4. The van der Waals surface area contributed by atoms with E-state index in [9.17, 15) is 9.59 Å². The van der Waals surface area contributed by atoms with Gasteiger partial charge in [-0.15, -0.1) is 0 Å². The number of nitrogens with one attached hydrogen (secondary N) is 2. The van der Waals surface area contributed by atoms with Crippen LogP contribution in [0.15, 0.2) is 59.8 Å². The summed E-state index contributed by atoms with van der Waals surface area (Å²) in [6, 6.07) is 5.63. The Labute approximate surface area is 204 Å². The van der Waals surface area contributed by atoms with E-state index in [2.05, 4.69) is 61.4 Å². The number of imidazole rings is 1. The first kappa shape index (κ1) is 23.0. The van der Waals surface area contributed by atoms with Gasteiger partial charge in [-0.2, -0.15) is 0 Å². The third-order valence-corrected chi connectivity index (χ3v) is 7.20. The zero-order chi connectivity index (χ0) is 24.2. The van der Waals surface area contributed by atoms with Gasteiger partial charge in [0.2, 0.25) is 0 Å². The van der Waals surface area contributed by atoms with Crippen LogP contribution >= 0.6 is 0 Å². The summed E-state index contributed by atoms with van der Waals surface area (Å²) in [5.41, 5.74) is 1.71. The molecule has 2 aliphatic rings. The Morgan fingerprint density at radius 3 is 2.86 bits per heavy atom. The average Bonchev–Trinajstić information content (AvgIpc) is 3.25. The van der Waals surface area contributed by atoms with Crippen molar-refractivity contribution in [2.45, 2.75) is 38.6 Å². The average molecular weight is 474 g/mol. The van der Waals surface area contributed by atoms with E-state index in [4.69, 9.17) is 0 Å². The maximum Gasteiger partial charge on any atom is 0.327 e. The quantitative estimate of drug-likeness (QED) is 0.545. The Hall–Kier alpha value is -3.75. The molecular formula is C26H31N7O2. The minimum absolute atomic E-state index is 0.0935. The number of fused-ring (bicyclic) bond motifs is 1. The number of pyridine rings is 1. The minimum Gasteiger partial charge on any atom is -0.356 e. The van der Waals surface area contributed by atoms with E-state index in [1.54, 1.807) is 12.3 Å². The van der Waals surface area contributed by atoms with Crippen molar-refractivity contribution < 1.29 is 4.79 Å². The van der Waals surface area contributed by atoms with E-state index >= 15 is 0 Å². The monoisotopic (exact) mass is 473 g/mol. The topological polar surface area (TPSA) is 109 Å². The van der Waals surface area contributed by atoms with Gasteiger partial charge in [0.1, 0.15) is 17.8 Å². The van der Waals surface area contributed by atoms with Crippen molar-refractivity contribution >= 4 is 22.9 Å². The zero-order valence-corrected chi connectivity index (χ0v) is 19.9. The first-order chi connectivity index (χ1) is 17.1. The molecule has 35 heavy (non-hydrogen) atoms. The third kappa shape index (κ3) is 4.89. The van der Waals surface area contributed by atoms with Gasteiger partial charge in [-0.05, 0) is 43.2 Å². The number of aromatic amines is 1. The van der Waals surface area contributed by atoms with Crippen LogP contribution in [-0.4, -0.2) is 50.0 Å². The van der Waals surface area contributed by atoms with Gasteiger partial charge in [0.05, 0.1) is 5.52 Å². The molecule has 5 rings (SSSR count). The number of aromatic nitrogens is 5. The van der Waals surface area contributed by atoms with Crippen LogP contribution in [0.4, 0.5) is 5.82 Å². The van der Waals surface area contributed by atoms with E-state index in [0.29, 0.717) is 29.7 Å². The number of piperidine rings is 1. The van der Waals surface area contributed by atoms with Crippen molar-refractivity contribution in [2.24, 2.45) is 11.8 Å². The fourth-order valence-corrected chi connectivity index (χ4v) is 5.18. The fraction of sp³-hybridized carbons (Fsp3) is 0.423. The Morgan fingerprint density at radius 2 is 2.09 bits per heavy atom. The van der Waals surface area contributed by atoms with Crippen LogP contribution in [0.25, 0.3) is 11.2 Å². The van der Waals surface area contributed by atoms with Crippen molar-refractivity contribution in [3.05, 3.63) is 71.2 Å². The van der Waals surface area contributed by atoms with E-state index < -0.39 is 0 Å². The molecule has 1 saturated heterocycles. The van der Waals surface area contributed by atoms with Crippen molar-refractivity contribution in [1.82, 2.24) is 29.8 Å². The fourth-order valence-electron chi connectivity index (χ4n) is 5.18. The molecule has 0 spiro atoms. The summed E-state index contributed by atoms with van der Waals surface area (Å²) in [5, 5.41) is 3.07. The molecule has 2 N–H and O–H groups in total. The van der Waals surface area contributed by atoms with Gasteiger partial charge in [-0.25, -0.2) is 19.7 Å². The number of hydrogen-bond acceptors (Lipinski definition) is 6. The van der Waals surface area contributed by atoms with Crippen LogP contribution in [-0.2, 0) is 0 Å². The maximum absolute atomic E-state index is 12.9. The molecule has 0 bridgehead atoms. The second-order valence-corrected chi connectivity index (χ2v) is 9.24. The summed E-state index contributed by atoms with van der Waals surface area (Å²) in [6.07, 6.45) is 15.3. The first-order valence-corrected chi connectivity index (χ1v) is 12.4. The van der Waals surface area contributed by atoms with Crippen LogP contribution in [0.3, 0.4) is 0 Å². The summed E-state index contributed by atoms with van der Waals surface area (Å²) < 4.78 is 1.82. The van der Waals surface area contributed by atoms with Crippen molar-refractivity contribution in [1.29, 1.82) is 0 Å². The summed E-state index contributed by atoms with van der Waals surface area (Å²) in [4.78, 5) is 43.3. The Balaban J connectivity index is 1.21. The molecular weight excluding hydrogens is 442 g/mol. The largest absolute Gasteiger partial charge is 0.356 e. The number of carbonyl (C=O) groups is 1. The number of H-pyrrole nitrogens is 1. The molecule has 2 unspecified atom stereocenters. The summed E-state index contributed by atoms with van der Waals surface area (Å²) in [6.45, 7) is 4.26. The lowest BCUT2D eigenvalue weighted by Crippen LogP contribution is -2.37. The number of rotatable bonds is 7.